The Morgan fingerprint density at radius 2 is 1.38 bits per heavy atom. The van der Waals surface area contributed by atoms with Crippen LogP contribution in [0.15, 0.2) is 78.9 Å². The summed E-state index contributed by atoms with van der Waals surface area (Å²) in [6, 6.07) is 26.5. The molecule has 0 amide bonds. The molecule has 3 nitrogen and oxygen atoms in total. The first-order chi connectivity index (χ1) is 13.9. The number of hydrogen-bond acceptors (Lipinski definition) is 2. The molecule has 152 valence electrons. The highest BCUT2D eigenvalue weighted by Gasteiger charge is 2.24. The lowest BCUT2D eigenvalue weighted by molar-refractivity contribution is 0.377. The van der Waals surface area contributed by atoms with Crippen molar-refractivity contribution in [2.45, 2.75) is 39.0 Å². The van der Waals surface area contributed by atoms with Gasteiger partial charge in [0.2, 0.25) is 0 Å². The van der Waals surface area contributed by atoms with Crippen LogP contribution in [0.5, 0.6) is 5.75 Å². The maximum Gasteiger partial charge on any atom is 0.376 e. The van der Waals surface area contributed by atoms with Gasteiger partial charge in [0.25, 0.3) is 0 Å². The molecular formula is C25H29O3P. The van der Waals surface area contributed by atoms with Crippen LogP contribution in [0, 0.1) is 0 Å². The van der Waals surface area contributed by atoms with Gasteiger partial charge < -0.3 is 9.42 Å². The van der Waals surface area contributed by atoms with Crippen LogP contribution in [0.4, 0.5) is 0 Å². The molecule has 0 spiro atoms. The molecule has 3 rings (SSSR count). The molecule has 0 aromatic heterocycles. The smallest absolute Gasteiger partial charge is 0.376 e. The Balaban J connectivity index is 2.03. The highest BCUT2D eigenvalue weighted by atomic mass is 31.2. The molecule has 3 aromatic rings. The molecule has 0 radical (unpaired) electrons. The third-order valence-corrected chi connectivity index (χ3v) is 6.84. The first kappa shape index (κ1) is 21.4. The molecule has 0 aliphatic heterocycles. The predicted molar refractivity (Wildman–Crippen MR) is 120 cm³/mol. The van der Waals surface area contributed by atoms with Gasteiger partial charge in [-0.15, -0.1) is 0 Å². The Morgan fingerprint density at radius 3 is 1.93 bits per heavy atom. The van der Waals surface area contributed by atoms with E-state index in [2.05, 4.69) is 44.2 Å². The highest BCUT2D eigenvalue weighted by Crippen LogP contribution is 2.46. The van der Waals surface area contributed by atoms with Crippen LogP contribution >= 0.6 is 7.60 Å². The van der Waals surface area contributed by atoms with E-state index in [-0.39, 0.29) is 18.0 Å². The monoisotopic (exact) mass is 408 g/mol. The average Bonchev–Trinajstić information content (AvgIpc) is 2.74. The van der Waals surface area contributed by atoms with Crippen LogP contribution in [-0.2, 0) is 4.57 Å². The Morgan fingerprint density at radius 1 is 0.828 bits per heavy atom. The zero-order valence-corrected chi connectivity index (χ0v) is 18.2. The van der Waals surface area contributed by atoms with E-state index in [1.165, 1.54) is 5.56 Å². The average molecular weight is 408 g/mol. The van der Waals surface area contributed by atoms with E-state index in [0.29, 0.717) is 12.2 Å². The Kier molecular flexibility index (Phi) is 6.95. The molecule has 0 aliphatic carbocycles. The van der Waals surface area contributed by atoms with Gasteiger partial charge in [0.15, 0.2) is 0 Å². The molecular weight excluding hydrogens is 379 g/mol. The van der Waals surface area contributed by atoms with Gasteiger partial charge in [0.1, 0.15) is 5.75 Å². The van der Waals surface area contributed by atoms with E-state index in [1.807, 2.05) is 55.5 Å². The fourth-order valence-electron chi connectivity index (χ4n) is 3.60. The molecule has 0 fully saturated rings. The molecule has 4 heteroatoms. The topological polar surface area (TPSA) is 46.5 Å². The van der Waals surface area contributed by atoms with Crippen LogP contribution in [0.1, 0.15) is 61.3 Å². The van der Waals surface area contributed by atoms with Crippen molar-refractivity contribution in [1.82, 2.24) is 0 Å². The van der Waals surface area contributed by atoms with Crippen molar-refractivity contribution in [3.05, 3.63) is 101 Å². The molecule has 3 unspecified atom stereocenters. The summed E-state index contributed by atoms with van der Waals surface area (Å²) >= 11 is 0. The summed E-state index contributed by atoms with van der Waals surface area (Å²) in [5, 5.41) is 0. The van der Waals surface area contributed by atoms with Gasteiger partial charge >= 0.3 is 7.60 Å². The molecule has 3 aromatic carbocycles. The SMILES string of the molecule is CCCP(=O)(O)Oc1ccc(C(C)c2ccccc2)cc1C(C)c1ccccc1. The van der Waals surface area contributed by atoms with Crippen molar-refractivity contribution in [3.63, 3.8) is 0 Å². The van der Waals surface area contributed by atoms with E-state index in [4.69, 9.17) is 4.52 Å². The first-order valence-electron chi connectivity index (χ1n) is 10.2. The lowest BCUT2D eigenvalue weighted by atomic mass is 9.87. The third-order valence-electron chi connectivity index (χ3n) is 5.35. The van der Waals surface area contributed by atoms with Crippen molar-refractivity contribution >= 4 is 7.60 Å². The summed E-state index contributed by atoms with van der Waals surface area (Å²) in [5.74, 6) is 0.740. The maximum atomic E-state index is 12.5. The summed E-state index contributed by atoms with van der Waals surface area (Å²) in [6.45, 7) is 6.16. The molecule has 0 aliphatic rings. The normalized spacial score (nSPS) is 15.3. The molecule has 0 bridgehead atoms. The van der Waals surface area contributed by atoms with E-state index in [9.17, 15) is 9.46 Å². The van der Waals surface area contributed by atoms with Crippen LogP contribution in [0.3, 0.4) is 0 Å². The van der Waals surface area contributed by atoms with Gasteiger partial charge in [-0.3, -0.25) is 0 Å². The van der Waals surface area contributed by atoms with Gasteiger partial charge in [-0.25, -0.2) is 4.57 Å². The standard InChI is InChI=1S/C25H29O3P/c1-4-17-29(26,27)28-25-16-15-23(19(2)21-11-7-5-8-12-21)18-24(25)20(3)22-13-9-6-10-14-22/h5-16,18-20H,4,17H2,1-3H3,(H,26,27). The van der Waals surface area contributed by atoms with Crippen LogP contribution in [-0.4, -0.2) is 11.1 Å². The summed E-state index contributed by atoms with van der Waals surface area (Å²) in [5.41, 5.74) is 4.47. The van der Waals surface area contributed by atoms with Crippen molar-refractivity contribution < 1.29 is 14.0 Å². The largest absolute Gasteiger partial charge is 0.424 e. The van der Waals surface area contributed by atoms with Gasteiger partial charge in [0.05, 0.1) is 6.16 Å². The van der Waals surface area contributed by atoms with Crippen molar-refractivity contribution in [2.24, 2.45) is 0 Å². The predicted octanol–water partition coefficient (Wildman–Crippen LogP) is 6.96. The second kappa shape index (κ2) is 9.43. The van der Waals surface area contributed by atoms with Crippen LogP contribution < -0.4 is 4.52 Å². The highest BCUT2D eigenvalue weighted by molar-refractivity contribution is 7.53. The zero-order chi connectivity index (χ0) is 20.9. The minimum absolute atomic E-state index is 0.0377. The second-order valence-electron chi connectivity index (χ2n) is 7.51. The fourth-order valence-corrected chi connectivity index (χ4v) is 4.73. The summed E-state index contributed by atoms with van der Waals surface area (Å²) < 4.78 is 18.1. The summed E-state index contributed by atoms with van der Waals surface area (Å²) in [4.78, 5) is 10.2. The summed E-state index contributed by atoms with van der Waals surface area (Å²) in [7, 11) is -3.67. The van der Waals surface area contributed by atoms with Gasteiger partial charge in [0, 0.05) is 17.4 Å². The van der Waals surface area contributed by atoms with Gasteiger partial charge in [-0.05, 0) is 29.2 Å². The number of hydrogen-bond donors (Lipinski definition) is 1. The fraction of sp³-hybridized carbons (Fsp3) is 0.280. The minimum atomic E-state index is -3.67. The van der Waals surface area contributed by atoms with E-state index < -0.39 is 7.60 Å². The van der Waals surface area contributed by atoms with Crippen molar-refractivity contribution in [3.8, 4) is 5.75 Å². The molecule has 0 saturated carbocycles. The second-order valence-corrected chi connectivity index (χ2v) is 9.42. The number of benzene rings is 3. The zero-order valence-electron chi connectivity index (χ0n) is 17.3. The molecule has 0 heterocycles. The van der Waals surface area contributed by atoms with Gasteiger partial charge in [-0.1, -0.05) is 93.6 Å². The van der Waals surface area contributed by atoms with E-state index in [0.717, 1.165) is 16.7 Å². The Bertz CT molecular complexity index is 970. The van der Waals surface area contributed by atoms with E-state index >= 15 is 0 Å². The summed E-state index contributed by atoms with van der Waals surface area (Å²) in [6.07, 6.45) is 0.745. The molecule has 3 atom stereocenters. The number of rotatable bonds is 8. The van der Waals surface area contributed by atoms with Crippen LogP contribution in [0.2, 0.25) is 0 Å². The van der Waals surface area contributed by atoms with Crippen molar-refractivity contribution in [2.75, 3.05) is 6.16 Å². The Hall–Kier alpha value is -2.35. The van der Waals surface area contributed by atoms with Crippen LogP contribution in [0.25, 0.3) is 0 Å². The van der Waals surface area contributed by atoms with Crippen molar-refractivity contribution in [1.29, 1.82) is 0 Å². The lowest BCUT2D eigenvalue weighted by Gasteiger charge is -2.22. The molecule has 1 N–H and O–H groups in total. The molecule has 0 saturated heterocycles. The minimum Gasteiger partial charge on any atom is -0.424 e. The van der Waals surface area contributed by atoms with Gasteiger partial charge in [-0.2, -0.15) is 0 Å². The maximum absolute atomic E-state index is 12.5. The van der Waals surface area contributed by atoms with E-state index in [1.54, 1.807) is 0 Å². The third kappa shape index (κ3) is 5.38. The molecule has 29 heavy (non-hydrogen) atoms. The first-order valence-corrected chi connectivity index (χ1v) is 11.9. The lowest BCUT2D eigenvalue weighted by Crippen LogP contribution is -2.05. The quantitative estimate of drug-likeness (QED) is 0.410. The Labute approximate surface area is 173 Å².